The minimum atomic E-state index is -0.223. The van der Waals surface area contributed by atoms with Gasteiger partial charge in [-0.2, -0.15) is 0 Å². The summed E-state index contributed by atoms with van der Waals surface area (Å²) in [7, 11) is 3.24. The van der Waals surface area contributed by atoms with Crippen molar-refractivity contribution in [3.8, 4) is 0 Å². The number of benzene rings is 2. The summed E-state index contributed by atoms with van der Waals surface area (Å²) >= 11 is 0. The van der Waals surface area contributed by atoms with Gasteiger partial charge in [0.25, 0.3) is 11.8 Å². The van der Waals surface area contributed by atoms with Crippen molar-refractivity contribution < 1.29 is 28.7 Å². The third-order valence-corrected chi connectivity index (χ3v) is 6.57. The first-order chi connectivity index (χ1) is 20.5. The summed E-state index contributed by atoms with van der Waals surface area (Å²) in [5.41, 5.74) is 1.90. The van der Waals surface area contributed by atoms with Crippen LogP contribution in [0.2, 0.25) is 0 Å². The highest BCUT2D eigenvalue weighted by Gasteiger charge is 2.14. The first kappa shape index (κ1) is 34.4. The summed E-state index contributed by atoms with van der Waals surface area (Å²) < 4.78 is 9.99. The Bertz CT molecular complexity index is 1040. The lowest BCUT2D eigenvalue weighted by atomic mass is 10.1. The van der Waals surface area contributed by atoms with Gasteiger partial charge in [0.15, 0.2) is 0 Å². The Hall–Kier alpha value is -3.76. The number of ether oxygens (including phenoxy) is 2. The molecule has 0 aliphatic carbocycles. The maximum atomic E-state index is 12.5. The van der Waals surface area contributed by atoms with Gasteiger partial charge in [-0.1, -0.05) is 49.9 Å². The minimum absolute atomic E-state index is 0.116. The maximum Gasteiger partial charge on any atom is 0.253 e. The summed E-state index contributed by atoms with van der Waals surface area (Å²) in [6, 6.07) is 14.0. The number of carbonyl (C=O) groups excluding carboxylic acids is 4. The third kappa shape index (κ3) is 13.7. The summed E-state index contributed by atoms with van der Waals surface area (Å²) in [5.74, 6) is -0.677. The lowest BCUT2D eigenvalue weighted by Crippen LogP contribution is -2.26. The van der Waals surface area contributed by atoms with Gasteiger partial charge in [0.2, 0.25) is 11.8 Å². The lowest BCUT2D eigenvalue weighted by Gasteiger charge is -2.12. The van der Waals surface area contributed by atoms with Gasteiger partial charge in [0.1, 0.15) is 0 Å². The van der Waals surface area contributed by atoms with Crippen LogP contribution < -0.4 is 21.3 Å². The molecule has 10 nitrogen and oxygen atoms in total. The molecule has 0 saturated carbocycles. The van der Waals surface area contributed by atoms with Gasteiger partial charge in [-0.3, -0.25) is 19.2 Å². The van der Waals surface area contributed by atoms with Crippen LogP contribution in [0.25, 0.3) is 0 Å². The molecule has 0 atom stereocenters. The van der Waals surface area contributed by atoms with Gasteiger partial charge in [0.05, 0.1) is 22.5 Å². The zero-order valence-electron chi connectivity index (χ0n) is 25.0. The summed E-state index contributed by atoms with van der Waals surface area (Å²) in [4.78, 5) is 49.9. The molecule has 0 heterocycles. The summed E-state index contributed by atoms with van der Waals surface area (Å²) in [6.07, 6.45) is 7.47. The summed E-state index contributed by atoms with van der Waals surface area (Å²) in [6.45, 7) is 2.15. The Morgan fingerprint density at radius 3 is 1.33 bits per heavy atom. The zero-order valence-corrected chi connectivity index (χ0v) is 25.0. The predicted octanol–water partition coefficient (Wildman–Crippen LogP) is 4.92. The Labute approximate surface area is 249 Å². The van der Waals surface area contributed by atoms with Gasteiger partial charge in [-0.25, -0.2) is 0 Å². The molecule has 0 fully saturated rings. The van der Waals surface area contributed by atoms with Crippen molar-refractivity contribution in [2.75, 3.05) is 51.2 Å². The number of amides is 4. The number of hydrogen-bond donors (Lipinski definition) is 4. The van der Waals surface area contributed by atoms with Crippen LogP contribution in [0.4, 0.5) is 11.4 Å². The molecule has 0 bridgehead atoms. The van der Waals surface area contributed by atoms with E-state index in [-0.39, 0.29) is 23.6 Å². The first-order valence-electron chi connectivity index (χ1n) is 14.8. The van der Waals surface area contributed by atoms with E-state index in [1.165, 1.54) is 0 Å². The molecule has 0 aliphatic heterocycles. The second-order valence-corrected chi connectivity index (χ2v) is 10.0. The Balaban J connectivity index is 1.61. The maximum absolute atomic E-state index is 12.5. The molecular formula is C32H46N4O6. The van der Waals surface area contributed by atoms with E-state index in [1.54, 1.807) is 62.8 Å². The van der Waals surface area contributed by atoms with E-state index in [4.69, 9.17) is 9.47 Å². The largest absolute Gasteiger partial charge is 0.385 e. The van der Waals surface area contributed by atoms with E-state index in [0.717, 1.165) is 51.4 Å². The highest BCUT2D eigenvalue weighted by Crippen LogP contribution is 2.18. The second-order valence-electron chi connectivity index (χ2n) is 10.0. The monoisotopic (exact) mass is 582 g/mol. The third-order valence-electron chi connectivity index (χ3n) is 6.57. The molecule has 2 rings (SSSR count). The number of unbranched alkanes of at least 4 members (excludes halogenated alkanes) is 5. The molecule has 10 heteroatoms. The fraction of sp³-hybridized carbons (Fsp3) is 0.500. The molecule has 2 aromatic rings. The van der Waals surface area contributed by atoms with Crippen molar-refractivity contribution in [3.63, 3.8) is 0 Å². The molecule has 0 aromatic heterocycles. The van der Waals surface area contributed by atoms with Gasteiger partial charge >= 0.3 is 0 Å². The van der Waals surface area contributed by atoms with Crippen molar-refractivity contribution >= 4 is 35.0 Å². The number of carbonyl (C=O) groups is 4. The number of rotatable bonds is 21. The van der Waals surface area contributed by atoms with Crippen LogP contribution in [-0.2, 0) is 19.1 Å². The molecule has 230 valence electrons. The number of para-hydroxylation sites is 2. The predicted molar refractivity (Wildman–Crippen MR) is 165 cm³/mol. The van der Waals surface area contributed by atoms with Gasteiger partial charge < -0.3 is 30.7 Å². The number of nitrogens with one attached hydrogen (secondary N) is 4. The minimum Gasteiger partial charge on any atom is -0.385 e. The molecule has 4 N–H and O–H groups in total. The van der Waals surface area contributed by atoms with Gasteiger partial charge in [-0.15, -0.1) is 0 Å². The Morgan fingerprint density at radius 2 is 0.929 bits per heavy atom. The number of anilines is 2. The van der Waals surface area contributed by atoms with E-state index >= 15 is 0 Å². The Morgan fingerprint density at radius 1 is 0.548 bits per heavy atom. The van der Waals surface area contributed by atoms with Crippen LogP contribution in [0.5, 0.6) is 0 Å². The topological polar surface area (TPSA) is 135 Å². The first-order valence-corrected chi connectivity index (χ1v) is 14.8. The quantitative estimate of drug-likeness (QED) is 0.154. The SMILES string of the molecule is COCCCNC(=O)c1ccccc1NC(=O)CCCCCCCCC(=O)Nc1ccccc1C(=O)NCCCOC. The molecule has 0 radical (unpaired) electrons. The highest BCUT2D eigenvalue weighted by molar-refractivity contribution is 6.04. The van der Waals surface area contributed by atoms with Crippen molar-refractivity contribution in [3.05, 3.63) is 59.7 Å². The fourth-order valence-electron chi connectivity index (χ4n) is 4.31. The molecule has 42 heavy (non-hydrogen) atoms. The molecule has 0 saturated heterocycles. The molecule has 0 unspecified atom stereocenters. The van der Waals surface area contributed by atoms with Crippen LogP contribution >= 0.6 is 0 Å². The van der Waals surface area contributed by atoms with E-state index in [9.17, 15) is 19.2 Å². The lowest BCUT2D eigenvalue weighted by molar-refractivity contribution is -0.117. The van der Waals surface area contributed by atoms with Gasteiger partial charge in [0, 0.05) is 53.4 Å². The van der Waals surface area contributed by atoms with Crippen LogP contribution in [0.15, 0.2) is 48.5 Å². The average molecular weight is 583 g/mol. The highest BCUT2D eigenvalue weighted by atomic mass is 16.5. The van der Waals surface area contributed by atoms with Crippen LogP contribution in [0.3, 0.4) is 0 Å². The smallest absolute Gasteiger partial charge is 0.253 e. The molecule has 4 amide bonds. The number of methoxy groups -OCH3 is 2. The molecule has 0 spiro atoms. The van der Waals surface area contributed by atoms with E-state index in [0.29, 0.717) is 61.6 Å². The van der Waals surface area contributed by atoms with Crippen LogP contribution in [0, 0.1) is 0 Å². The van der Waals surface area contributed by atoms with E-state index < -0.39 is 0 Å². The second kappa shape index (κ2) is 21.0. The molecule has 2 aromatic carbocycles. The van der Waals surface area contributed by atoms with Crippen molar-refractivity contribution in [2.24, 2.45) is 0 Å². The van der Waals surface area contributed by atoms with Crippen LogP contribution in [-0.4, -0.2) is 64.2 Å². The average Bonchev–Trinajstić information content (AvgIpc) is 2.99. The molecule has 0 aliphatic rings. The zero-order chi connectivity index (χ0) is 30.4. The fourth-order valence-corrected chi connectivity index (χ4v) is 4.31. The van der Waals surface area contributed by atoms with Crippen molar-refractivity contribution in [1.29, 1.82) is 0 Å². The van der Waals surface area contributed by atoms with Crippen molar-refractivity contribution in [2.45, 2.75) is 64.2 Å². The summed E-state index contributed by atoms with van der Waals surface area (Å²) in [5, 5.41) is 11.4. The van der Waals surface area contributed by atoms with Crippen LogP contribution in [0.1, 0.15) is 84.9 Å². The standard InChI is InChI=1S/C32H46N4O6/c1-41-23-13-21-33-31(39)25-15-9-11-17-27(25)35-29(37)19-7-5-3-4-6-8-20-30(38)36-28-18-12-10-16-26(28)32(40)34-22-14-24-42-2/h9-12,15-18H,3-8,13-14,19-24H2,1-2H3,(H,33,39)(H,34,40)(H,35,37)(H,36,38). The van der Waals surface area contributed by atoms with E-state index in [2.05, 4.69) is 21.3 Å². The Kier molecular flexibility index (Phi) is 17.2. The van der Waals surface area contributed by atoms with Gasteiger partial charge in [-0.05, 0) is 49.9 Å². The number of hydrogen-bond acceptors (Lipinski definition) is 6. The van der Waals surface area contributed by atoms with Crippen molar-refractivity contribution in [1.82, 2.24) is 10.6 Å². The van der Waals surface area contributed by atoms with E-state index in [1.807, 2.05) is 0 Å². The normalized spacial score (nSPS) is 10.6. The molecular weight excluding hydrogens is 536 g/mol.